The van der Waals surface area contributed by atoms with Crippen LogP contribution in [0.25, 0.3) is 11.4 Å². The lowest BCUT2D eigenvalue weighted by Gasteiger charge is -2.16. The van der Waals surface area contributed by atoms with Gasteiger partial charge >= 0.3 is 0 Å². The first kappa shape index (κ1) is 16.6. The van der Waals surface area contributed by atoms with Crippen molar-refractivity contribution < 1.29 is 14.6 Å². The Kier molecular flexibility index (Phi) is 4.19. The Hall–Kier alpha value is -3.28. The lowest BCUT2D eigenvalue weighted by atomic mass is 10.2. The molecule has 6 nitrogen and oxygen atoms in total. The molecule has 1 heterocycles. The van der Waals surface area contributed by atoms with Gasteiger partial charge in [0.2, 0.25) is 5.88 Å². The van der Waals surface area contributed by atoms with E-state index in [1.165, 1.54) is 16.5 Å². The van der Waals surface area contributed by atoms with E-state index in [1.807, 2.05) is 32.0 Å². The first-order valence-electron chi connectivity index (χ1n) is 7.72. The highest BCUT2D eigenvalue weighted by molar-refractivity contribution is 5.78. The monoisotopic (exact) mass is 338 g/mol. The van der Waals surface area contributed by atoms with Crippen molar-refractivity contribution in [1.29, 1.82) is 0 Å². The number of carbonyl (C=O) groups excluding carboxylic acids is 1. The van der Waals surface area contributed by atoms with Crippen molar-refractivity contribution in [3.63, 3.8) is 0 Å². The van der Waals surface area contributed by atoms with Gasteiger partial charge in [0.25, 0.3) is 5.56 Å². The van der Waals surface area contributed by atoms with Crippen LogP contribution < -0.4 is 10.3 Å². The number of methoxy groups -OCH3 is 1. The van der Waals surface area contributed by atoms with Crippen LogP contribution in [0.15, 0.2) is 47.3 Å². The van der Waals surface area contributed by atoms with Crippen LogP contribution in [-0.4, -0.2) is 27.9 Å². The third-order valence-electron chi connectivity index (χ3n) is 4.02. The van der Waals surface area contributed by atoms with E-state index in [2.05, 4.69) is 0 Å². The summed E-state index contributed by atoms with van der Waals surface area (Å²) < 4.78 is 7.94. The summed E-state index contributed by atoms with van der Waals surface area (Å²) in [7, 11) is 1.51. The fourth-order valence-electron chi connectivity index (χ4n) is 2.71. The number of benzene rings is 2. The number of hydrogen-bond acceptors (Lipinski definition) is 4. The normalized spacial score (nSPS) is 10.7. The first-order chi connectivity index (χ1) is 12.0. The van der Waals surface area contributed by atoms with Gasteiger partial charge in [-0.3, -0.25) is 9.59 Å². The predicted molar refractivity (Wildman–Crippen MR) is 94.4 cm³/mol. The van der Waals surface area contributed by atoms with Crippen molar-refractivity contribution in [1.82, 2.24) is 9.36 Å². The molecule has 0 fully saturated rings. The van der Waals surface area contributed by atoms with Crippen LogP contribution in [-0.2, 0) is 0 Å². The zero-order valence-electron chi connectivity index (χ0n) is 14.2. The number of hydrogen-bond donors (Lipinski definition) is 1. The van der Waals surface area contributed by atoms with Gasteiger partial charge in [-0.05, 0) is 43.7 Å². The van der Waals surface area contributed by atoms with Gasteiger partial charge in [0.15, 0.2) is 6.29 Å². The van der Waals surface area contributed by atoms with Crippen LogP contribution in [0.2, 0.25) is 0 Å². The molecule has 0 unspecified atom stereocenters. The van der Waals surface area contributed by atoms with Crippen molar-refractivity contribution in [2.45, 2.75) is 13.8 Å². The largest absolute Gasteiger partial charge is 0.494 e. The number of carbonyl (C=O) groups is 1. The van der Waals surface area contributed by atoms with Crippen molar-refractivity contribution in [2.24, 2.45) is 0 Å². The third-order valence-corrected chi connectivity index (χ3v) is 4.02. The molecule has 0 atom stereocenters. The van der Waals surface area contributed by atoms with Crippen molar-refractivity contribution >= 4 is 6.29 Å². The third kappa shape index (κ3) is 2.71. The molecule has 25 heavy (non-hydrogen) atoms. The molecule has 3 aromatic rings. The molecule has 1 aromatic heterocycles. The second kappa shape index (κ2) is 6.32. The van der Waals surface area contributed by atoms with Gasteiger partial charge in [0.1, 0.15) is 17.0 Å². The average Bonchev–Trinajstić information content (AvgIpc) is 2.85. The fraction of sp³-hybridized carbons (Fsp3) is 0.158. The maximum atomic E-state index is 12.7. The molecular weight excluding hydrogens is 320 g/mol. The summed E-state index contributed by atoms with van der Waals surface area (Å²) in [6, 6.07) is 12.6. The molecular formula is C19H18N2O4. The second-order valence-corrected chi connectivity index (χ2v) is 5.79. The number of aldehydes is 1. The Bertz CT molecular complexity index is 997. The molecule has 0 aliphatic carbocycles. The highest BCUT2D eigenvalue weighted by Crippen LogP contribution is 2.29. The maximum Gasteiger partial charge on any atom is 0.286 e. The summed E-state index contributed by atoms with van der Waals surface area (Å²) in [6.07, 6.45) is 0.361. The molecule has 6 heteroatoms. The van der Waals surface area contributed by atoms with Gasteiger partial charge in [0, 0.05) is 0 Å². The van der Waals surface area contributed by atoms with Gasteiger partial charge in [-0.1, -0.05) is 23.8 Å². The van der Waals surface area contributed by atoms with Crippen LogP contribution in [0, 0.1) is 13.8 Å². The van der Waals surface area contributed by atoms with E-state index in [-0.39, 0.29) is 5.56 Å². The van der Waals surface area contributed by atoms with E-state index in [4.69, 9.17) is 4.74 Å². The topological polar surface area (TPSA) is 73.5 Å². The molecule has 3 rings (SSSR count). The summed E-state index contributed by atoms with van der Waals surface area (Å²) in [6.45, 7) is 3.84. The molecule has 0 amide bonds. The fourth-order valence-corrected chi connectivity index (χ4v) is 2.71. The summed E-state index contributed by atoms with van der Waals surface area (Å²) >= 11 is 0. The minimum absolute atomic E-state index is 0.303. The number of aryl methyl sites for hydroxylation is 2. The zero-order valence-corrected chi connectivity index (χ0v) is 14.2. The standard InChI is InChI=1S/C19H18N2O4/c1-12-4-7-14(8-5-12)20-18(23)15(11-22)19(24)21(20)16-9-6-13(2)10-17(16)25-3/h4-11,24H,1-3H3. The van der Waals surface area contributed by atoms with Crippen LogP contribution in [0.1, 0.15) is 21.5 Å². The molecule has 0 radical (unpaired) electrons. The highest BCUT2D eigenvalue weighted by Gasteiger charge is 2.23. The van der Waals surface area contributed by atoms with E-state index < -0.39 is 11.4 Å². The maximum absolute atomic E-state index is 12.7. The van der Waals surface area contributed by atoms with E-state index in [0.29, 0.717) is 23.4 Å². The Labute approximate surface area is 144 Å². The highest BCUT2D eigenvalue weighted by atomic mass is 16.5. The first-order valence-corrected chi connectivity index (χ1v) is 7.72. The molecule has 2 aromatic carbocycles. The minimum Gasteiger partial charge on any atom is -0.494 e. The van der Waals surface area contributed by atoms with E-state index in [9.17, 15) is 14.7 Å². The Morgan fingerprint density at radius 3 is 2.24 bits per heavy atom. The van der Waals surface area contributed by atoms with Crippen LogP contribution in [0.5, 0.6) is 11.6 Å². The lowest BCUT2D eigenvalue weighted by molar-refractivity contribution is 0.112. The average molecular weight is 338 g/mol. The van der Waals surface area contributed by atoms with Crippen LogP contribution in [0.3, 0.4) is 0 Å². The number of ether oxygens (including phenoxy) is 1. The molecule has 128 valence electrons. The summed E-state index contributed by atoms with van der Waals surface area (Å²) in [5.74, 6) is 0.0475. The predicted octanol–water partition coefficient (Wildman–Crippen LogP) is 2.77. The summed E-state index contributed by atoms with van der Waals surface area (Å²) in [5, 5.41) is 10.5. The Morgan fingerprint density at radius 2 is 1.64 bits per heavy atom. The molecule has 0 aliphatic heterocycles. The number of aromatic hydroxyl groups is 1. The molecule has 1 N–H and O–H groups in total. The minimum atomic E-state index is -0.598. The van der Waals surface area contributed by atoms with E-state index >= 15 is 0 Å². The van der Waals surface area contributed by atoms with Gasteiger partial charge < -0.3 is 9.84 Å². The molecule has 0 saturated heterocycles. The van der Waals surface area contributed by atoms with Gasteiger partial charge in [-0.2, -0.15) is 0 Å². The van der Waals surface area contributed by atoms with Crippen molar-refractivity contribution in [2.75, 3.05) is 7.11 Å². The zero-order chi connectivity index (χ0) is 18.1. The quantitative estimate of drug-likeness (QED) is 0.743. The van der Waals surface area contributed by atoms with Gasteiger partial charge in [-0.15, -0.1) is 0 Å². The SMILES string of the molecule is COc1cc(C)ccc1-n1c(O)c(C=O)c(=O)n1-c1ccc(C)cc1. The molecule has 0 spiro atoms. The van der Waals surface area contributed by atoms with Crippen LogP contribution in [0.4, 0.5) is 0 Å². The lowest BCUT2D eigenvalue weighted by Crippen LogP contribution is -2.22. The van der Waals surface area contributed by atoms with E-state index in [0.717, 1.165) is 11.1 Å². The van der Waals surface area contributed by atoms with Crippen molar-refractivity contribution in [3.8, 4) is 23.0 Å². The van der Waals surface area contributed by atoms with Crippen molar-refractivity contribution in [3.05, 3.63) is 69.5 Å². The summed E-state index contributed by atoms with van der Waals surface area (Å²) in [5.41, 5.74) is 2.08. The Morgan fingerprint density at radius 1 is 1.00 bits per heavy atom. The van der Waals surface area contributed by atoms with Gasteiger partial charge in [-0.25, -0.2) is 9.36 Å². The number of nitrogens with zero attached hydrogens (tertiary/aromatic N) is 2. The Balaban J connectivity index is 2.39. The van der Waals surface area contributed by atoms with Crippen LogP contribution >= 0.6 is 0 Å². The van der Waals surface area contributed by atoms with Gasteiger partial charge in [0.05, 0.1) is 12.8 Å². The molecule has 0 bridgehead atoms. The summed E-state index contributed by atoms with van der Waals surface area (Å²) in [4.78, 5) is 24.0. The number of aromatic nitrogens is 2. The smallest absolute Gasteiger partial charge is 0.286 e. The molecule has 0 saturated carbocycles. The number of rotatable bonds is 4. The van der Waals surface area contributed by atoms with E-state index in [1.54, 1.807) is 24.3 Å². The molecule has 0 aliphatic rings. The second-order valence-electron chi connectivity index (χ2n) is 5.79.